The average Bonchev–Trinajstić information content (AvgIpc) is 2.39. The monoisotopic (exact) mass is 274 g/mol. The van der Waals surface area contributed by atoms with Gasteiger partial charge >= 0.3 is 0 Å². The largest absolute Gasteiger partial charge is 0.326 e. The Morgan fingerprint density at radius 2 is 1.79 bits per heavy atom. The third-order valence-corrected chi connectivity index (χ3v) is 3.81. The zero-order valence-electron chi connectivity index (χ0n) is 10.5. The molecule has 5 heteroatoms. The number of nitro groups is 1. The summed E-state index contributed by atoms with van der Waals surface area (Å²) in [4.78, 5) is 12.3. The van der Waals surface area contributed by atoms with Gasteiger partial charge in [0.25, 0.3) is 5.69 Å². The number of aryl methyl sites for hydroxylation is 1. The molecular weight excluding hydrogens is 260 g/mol. The van der Waals surface area contributed by atoms with Crippen LogP contribution in [0.2, 0.25) is 0 Å². The summed E-state index contributed by atoms with van der Waals surface area (Å²) >= 11 is 1.58. The maximum Gasteiger partial charge on any atom is 0.269 e. The summed E-state index contributed by atoms with van der Waals surface area (Å²) in [6, 6.07) is 12.7. The molecule has 0 aliphatic rings. The van der Waals surface area contributed by atoms with Gasteiger partial charge < -0.3 is 5.73 Å². The Labute approximate surface area is 115 Å². The second kappa shape index (κ2) is 5.86. The smallest absolute Gasteiger partial charge is 0.269 e. The van der Waals surface area contributed by atoms with E-state index in [1.807, 2.05) is 19.1 Å². The van der Waals surface area contributed by atoms with Crippen molar-refractivity contribution in [3.8, 4) is 0 Å². The van der Waals surface area contributed by atoms with E-state index in [0.29, 0.717) is 6.54 Å². The number of benzene rings is 2. The molecule has 0 bridgehead atoms. The molecule has 4 nitrogen and oxygen atoms in total. The van der Waals surface area contributed by atoms with Crippen molar-refractivity contribution in [2.75, 3.05) is 0 Å². The van der Waals surface area contributed by atoms with Crippen molar-refractivity contribution in [1.29, 1.82) is 0 Å². The minimum absolute atomic E-state index is 0.110. The number of rotatable bonds is 4. The summed E-state index contributed by atoms with van der Waals surface area (Å²) in [6.45, 7) is 2.57. The highest BCUT2D eigenvalue weighted by atomic mass is 32.2. The molecule has 0 saturated carbocycles. The van der Waals surface area contributed by atoms with Gasteiger partial charge in [-0.1, -0.05) is 17.8 Å². The number of non-ortho nitro benzene ring substituents is 1. The van der Waals surface area contributed by atoms with Crippen LogP contribution < -0.4 is 5.73 Å². The second-order valence-corrected chi connectivity index (χ2v) is 5.29. The van der Waals surface area contributed by atoms with E-state index in [9.17, 15) is 10.1 Å². The Kier molecular flexibility index (Phi) is 4.19. The van der Waals surface area contributed by atoms with Crippen LogP contribution in [0.3, 0.4) is 0 Å². The highest BCUT2D eigenvalue weighted by molar-refractivity contribution is 7.99. The number of hydrogen-bond acceptors (Lipinski definition) is 4. The molecule has 19 heavy (non-hydrogen) atoms. The van der Waals surface area contributed by atoms with E-state index in [1.54, 1.807) is 23.9 Å². The molecule has 0 heterocycles. The fourth-order valence-electron chi connectivity index (χ4n) is 1.73. The Morgan fingerprint density at radius 3 is 2.32 bits per heavy atom. The van der Waals surface area contributed by atoms with Crippen LogP contribution in [0.5, 0.6) is 0 Å². The highest BCUT2D eigenvalue weighted by Crippen LogP contribution is 2.30. The minimum atomic E-state index is -0.394. The lowest BCUT2D eigenvalue weighted by Gasteiger charge is -2.06. The molecule has 0 unspecified atom stereocenters. The van der Waals surface area contributed by atoms with Gasteiger partial charge in [0.2, 0.25) is 0 Å². The van der Waals surface area contributed by atoms with Gasteiger partial charge in [0.1, 0.15) is 0 Å². The van der Waals surface area contributed by atoms with Crippen LogP contribution in [-0.4, -0.2) is 4.92 Å². The Morgan fingerprint density at radius 1 is 1.16 bits per heavy atom. The number of hydrogen-bond donors (Lipinski definition) is 1. The molecule has 0 aliphatic carbocycles. The topological polar surface area (TPSA) is 69.2 Å². The van der Waals surface area contributed by atoms with Crippen molar-refractivity contribution in [2.24, 2.45) is 5.73 Å². The number of nitro benzene ring substituents is 1. The van der Waals surface area contributed by atoms with Crippen LogP contribution in [0.25, 0.3) is 0 Å². The molecule has 2 N–H and O–H groups in total. The van der Waals surface area contributed by atoms with E-state index < -0.39 is 4.92 Å². The molecule has 0 spiro atoms. The summed E-state index contributed by atoms with van der Waals surface area (Å²) in [5.74, 6) is 0. The van der Waals surface area contributed by atoms with Crippen molar-refractivity contribution in [1.82, 2.24) is 0 Å². The van der Waals surface area contributed by atoms with E-state index in [4.69, 9.17) is 5.73 Å². The molecule has 2 aromatic rings. The van der Waals surface area contributed by atoms with Gasteiger partial charge in [-0.25, -0.2) is 0 Å². The number of nitrogens with two attached hydrogens (primary N) is 1. The van der Waals surface area contributed by atoms with Crippen LogP contribution in [0.4, 0.5) is 5.69 Å². The lowest BCUT2D eigenvalue weighted by molar-refractivity contribution is -0.384. The predicted molar refractivity (Wildman–Crippen MR) is 76.3 cm³/mol. The van der Waals surface area contributed by atoms with Crippen molar-refractivity contribution >= 4 is 17.4 Å². The first-order chi connectivity index (χ1) is 9.10. The number of nitrogens with zero attached hydrogens (tertiary/aromatic N) is 1. The molecule has 0 amide bonds. The fourth-order valence-corrected chi connectivity index (χ4v) is 2.65. The highest BCUT2D eigenvalue weighted by Gasteiger charge is 2.05. The van der Waals surface area contributed by atoms with Gasteiger partial charge in [0, 0.05) is 28.5 Å². The molecule has 2 rings (SSSR count). The molecule has 0 radical (unpaired) electrons. The van der Waals surface area contributed by atoms with Gasteiger partial charge in [0.15, 0.2) is 0 Å². The molecule has 98 valence electrons. The fraction of sp³-hybridized carbons (Fsp3) is 0.143. The molecule has 0 atom stereocenters. The van der Waals surface area contributed by atoms with Crippen molar-refractivity contribution in [2.45, 2.75) is 23.3 Å². The minimum Gasteiger partial charge on any atom is -0.326 e. The van der Waals surface area contributed by atoms with Crippen molar-refractivity contribution in [3.63, 3.8) is 0 Å². The summed E-state index contributed by atoms with van der Waals surface area (Å²) in [5.41, 5.74) is 8.03. The van der Waals surface area contributed by atoms with Gasteiger partial charge in [-0.15, -0.1) is 0 Å². The predicted octanol–water partition coefficient (Wildman–Crippen LogP) is 3.51. The summed E-state index contributed by atoms with van der Waals surface area (Å²) < 4.78 is 0. The van der Waals surface area contributed by atoms with E-state index in [0.717, 1.165) is 20.9 Å². The lowest BCUT2D eigenvalue weighted by atomic mass is 10.1. The average molecular weight is 274 g/mol. The lowest BCUT2D eigenvalue weighted by Crippen LogP contribution is -1.98. The van der Waals surface area contributed by atoms with E-state index in [1.165, 1.54) is 12.1 Å². The van der Waals surface area contributed by atoms with Crippen LogP contribution in [0.1, 0.15) is 11.1 Å². The SMILES string of the molecule is Cc1cc(Sc2ccc([N+](=O)[O-])cc2)ccc1CN. The standard InChI is InChI=1S/C14H14N2O2S/c1-10-8-14(5-2-11(10)9-15)19-13-6-3-12(4-7-13)16(17)18/h2-8H,9,15H2,1H3. The van der Waals surface area contributed by atoms with Crippen LogP contribution in [-0.2, 0) is 6.54 Å². The second-order valence-electron chi connectivity index (χ2n) is 4.15. The first-order valence-electron chi connectivity index (χ1n) is 5.82. The summed E-state index contributed by atoms with van der Waals surface area (Å²) in [5, 5.41) is 10.6. The first kappa shape index (κ1) is 13.6. The van der Waals surface area contributed by atoms with Crippen LogP contribution >= 0.6 is 11.8 Å². The summed E-state index contributed by atoms with van der Waals surface area (Å²) in [7, 11) is 0. The van der Waals surface area contributed by atoms with E-state index in [-0.39, 0.29) is 5.69 Å². The maximum atomic E-state index is 10.6. The summed E-state index contributed by atoms with van der Waals surface area (Å²) in [6.07, 6.45) is 0. The van der Waals surface area contributed by atoms with Gasteiger partial charge in [0.05, 0.1) is 4.92 Å². The Hall–Kier alpha value is -1.85. The molecule has 0 aromatic heterocycles. The van der Waals surface area contributed by atoms with Crippen LogP contribution in [0, 0.1) is 17.0 Å². The molecule has 0 aliphatic heterocycles. The third-order valence-electron chi connectivity index (χ3n) is 2.82. The molecule has 2 aromatic carbocycles. The van der Waals surface area contributed by atoms with Crippen LogP contribution in [0.15, 0.2) is 52.3 Å². The normalized spacial score (nSPS) is 10.4. The van der Waals surface area contributed by atoms with E-state index >= 15 is 0 Å². The zero-order valence-corrected chi connectivity index (χ0v) is 11.3. The molecule has 0 fully saturated rings. The quantitative estimate of drug-likeness (QED) is 0.684. The van der Waals surface area contributed by atoms with Gasteiger partial charge in [-0.3, -0.25) is 10.1 Å². The molecular formula is C14H14N2O2S. The first-order valence-corrected chi connectivity index (χ1v) is 6.63. The zero-order chi connectivity index (χ0) is 13.8. The van der Waals surface area contributed by atoms with E-state index in [2.05, 4.69) is 6.07 Å². The Balaban J connectivity index is 2.16. The van der Waals surface area contributed by atoms with Gasteiger partial charge in [-0.05, 0) is 42.3 Å². The van der Waals surface area contributed by atoms with Crippen molar-refractivity contribution < 1.29 is 4.92 Å². The third kappa shape index (κ3) is 3.33. The molecule has 0 saturated heterocycles. The maximum absolute atomic E-state index is 10.6. The van der Waals surface area contributed by atoms with Gasteiger partial charge in [-0.2, -0.15) is 0 Å². The van der Waals surface area contributed by atoms with Crippen molar-refractivity contribution in [3.05, 3.63) is 63.7 Å². The Bertz CT molecular complexity index is 597.